The van der Waals surface area contributed by atoms with E-state index in [-0.39, 0.29) is 6.61 Å². The van der Waals surface area contributed by atoms with Crippen LogP contribution in [0.4, 0.5) is 19.3 Å². The molecule has 2 aromatic rings. The van der Waals surface area contributed by atoms with Gasteiger partial charge >= 0.3 is 6.03 Å². The van der Waals surface area contributed by atoms with Gasteiger partial charge in [0.2, 0.25) is 0 Å². The van der Waals surface area contributed by atoms with E-state index in [1.54, 1.807) is 22.9 Å². The number of rotatable bonds is 10. The number of hydrogen-bond acceptors (Lipinski definition) is 6. The van der Waals surface area contributed by atoms with Crippen molar-refractivity contribution < 1.29 is 26.7 Å². The summed E-state index contributed by atoms with van der Waals surface area (Å²) in [5.74, 6) is -2.99. The Bertz CT molecular complexity index is 1040. The van der Waals surface area contributed by atoms with Crippen molar-refractivity contribution in [2.75, 3.05) is 32.0 Å². The van der Waals surface area contributed by atoms with Gasteiger partial charge < -0.3 is 20.7 Å². The number of carbonyl (C=O) groups is 1. The van der Waals surface area contributed by atoms with Gasteiger partial charge in [0, 0.05) is 42.5 Å². The Kier molecular flexibility index (Phi) is 8.84. The standard InChI is InChI=1S/C19H23ClF2N4O4S/c1-3-24-6-7-25-15-8-13(20)5-4-12(15)11-30-16-9-14(21)10-17(18(16)22)31(28,29)26-19(27)23-2/h4-5,8-10,24-25H,3,6-7,11H2,1-2H3,(H2,23,26,27). The van der Waals surface area contributed by atoms with Gasteiger partial charge in [0.15, 0.2) is 11.6 Å². The normalized spacial score (nSPS) is 11.1. The number of urea groups is 1. The minimum atomic E-state index is -4.66. The van der Waals surface area contributed by atoms with Crippen LogP contribution in [-0.2, 0) is 16.6 Å². The molecule has 0 spiro atoms. The highest BCUT2D eigenvalue weighted by Crippen LogP contribution is 2.28. The van der Waals surface area contributed by atoms with Gasteiger partial charge in [-0.3, -0.25) is 0 Å². The van der Waals surface area contributed by atoms with Crippen molar-refractivity contribution in [3.05, 3.63) is 52.6 Å². The molecular formula is C19H23ClF2N4O4S. The Morgan fingerprint density at radius 2 is 1.90 bits per heavy atom. The van der Waals surface area contributed by atoms with Crippen molar-refractivity contribution >= 4 is 33.3 Å². The molecule has 0 radical (unpaired) electrons. The molecule has 31 heavy (non-hydrogen) atoms. The number of sulfonamides is 1. The summed E-state index contributed by atoms with van der Waals surface area (Å²) in [6, 6.07) is 5.02. The summed E-state index contributed by atoms with van der Waals surface area (Å²) in [5, 5.41) is 8.82. The van der Waals surface area contributed by atoms with Crippen LogP contribution in [-0.4, -0.2) is 41.1 Å². The number of amides is 2. The maximum Gasteiger partial charge on any atom is 0.328 e. The maximum atomic E-state index is 14.8. The van der Waals surface area contributed by atoms with Gasteiger partial charge in [-0.25, -0.2) is 26.7 Å². The first kappa shape index (κ1) is 24.6. The number of benzene rings is 2. The Morgan fingerprint density at radius 3 is 2.58 bits per heavy atom. The fraction of sp³-hybridized carbons (Fsp3) is 0.316. The number of anilines is 1. The Hall–Kier alpha value is -2.63. The molecule has 0 aliphatic heterocycles. The summed E-state index contributed by atoms with van der Waals surface area (Å²) >= 11 is 6.03. The fourth-order valence-electron chi connectivity index (χ4n) is 2.53. The lowest BCUT2D eigenvalue weighted by molar-refractivity contribution is 0.247. The Morgan fingerprint density at radius 1 is 1.16 bits per heavy atom. The molecule has 0 aromatic heterocycles. The molecule has 0 bridgehead atoms. The molecular weight excluding hydrogens is 454 g/mol. The molecule has 12 heteroatoms. The average Bonchev–Trinajstić information content (AvgIpc) is 2.72. The Labute approximate surface area is 184 Å². The Balaban J connectivity index is 2.25. The molecule has 0 fully saturated rings. The van der Waals surface area contributed by atoms with Crippen molar-refractivity contribution in [3.63, 3.8) is 0 Å². The lowest BCUT2D eigenvalue weighted by Gasteiger charge is -2.15. The molecule has 2 rings (SSSR count). The van der Waals surface area contributed by atoms with Gasteiger partial charge in [-0.15, -0.1) is 0 Å². The topological polar surface area (TPSA) is 109 Å². The molecule has 0 unspecified atom stereocenters. The third kappa shape index (κ3) is 6.94. The molecule has 0 heterocycles. The average molecular weight is 477 g/mol. The van der Waals surface area contributed by atoms with E-state index in [1.165, 1.54) is 7.05 Å². The van der Waals surface area contributed by atoms with E-state index >= 15 is 0 Å². The van der Waals surface area contributed by atoms with Crippen LogP contribution in [0.5, 0.6) is 5.75 Å². The molecule has 0 aliphatic rings. The van der Waals surface area contributed by atoms with E-state index in [1.807, 2.05) is 12.2 Å². The molecule has 170 valence electrons. The van der Waals surface area contributed by atoms with Crippen LogP contribution in [0.25, 0.3) is 0 Å². The number of halogens is 3. The minimum Gasteiger partial charge on any atom is -0.486 e. The fourth-order valence-corrected chi connectivity index (χ4v) is 3.76. The highest BCUT2D eigenvalue weighted by atomic mass is 35.5. The largest absolute Gasteiger partial charge is 0.486 e. The second-order valence-electron chi connectivity index (χ2n) is 6.27. The van der Waals surface area contributed by atoms with Gasteiger partial charge in [0.05, 0.1) is 0 Å². The third-order valence-electron chi connectivity index (χ3n) is 4.04. The van der Waals surface area contributed by atoms with E-state index in [4.69, 9.17) is 16.3 Å². The first-order chi connectivity index (χ1) is 14.7. The van der Waals surface area contributed by atoms with E-state index in [2.05, 4.69) is 10.6 Å². The number of hydrogen-bond donors (Lipinski definition) is 4. The van der Waals surface area contributed by atoms with Gasteiger partial charge in [-0.2, -0.15) is 0 Å². The smallest absolute Gasteiger partial charge is 0.328 e. The SMILES string of the molecule is CCNCCNc1cc(Cl)ccc1COc1cc(F)cc(S(=O)(=O)NC(=O)NC)c1F. The summed E-state index contributed by atoms with van der Waals surface area (Å²) in [4.78, 5) is 10.3. The zero-order chi connectivity index (χ0) is 23.0. The molecule has 8 nitrogen and oxygen atoms in total. The lowest BCUT2D eigenvalue weighted by Crippen LogP contribution is -2.37. The van der Waals surface area contributed by atoms with Crippen LogP contribution in [0.1, 0.15) is 12.5 Å². The highest BCUT2D eigenvalue weighted by Gasteiger charge is 2.25. The van der Waals surface area contributed by atoms with Crippen molar-refractivity contribution in [2.45, 2.75) is 18.4 Å². The van der Waals surface area contributed by atoms with E-state index in [0.717, 1.165) is 12.6 Å². The van der Waals surface area contributed by atoms with Crippen LogP contribution in [0, 0.1) is 11.6 Å². The van der Waals surface area contributed by atoms with Crippen LogP contribution in [0.15, 0.2) is 35.2 Å². The zero-order valence-corrected chi connectivity index (χ0v) is 18.5. The highest BCUT2D eigenvalue weighted by molar-refractivity contribution is 7.90. The number of likely N-dealkylation sites (N-methyl/N-ethyl adjacent to an activating group) is 1. The van der Waals surface area contributed by atoms with E-state index in [9.17, 15) is 22.0 Å². The van der Waals surface area contributed by atoms with Crippen LogP contribution in [0.3, 0.4) is 0 Å². The second kappa shape index (κ2) is 11.1. The second-order valence-corrected chi connectivity index (χ2v) is 8.36. The van der Waals surface area contributed by atoms with Gasteiger partial charge in [0.1, 0.15) is 17.3 Å². The maximum absolute atomic E-state index is 14.8. The third-order valence-corrected chi connectivity index (χ3v) is 5.60. The molecule has 4 N–H and O–H groups in total. The van der Waals surface area contributed by atoms with Gasteiger partial charge in [-0.1, -0.05) is 24.6 Å². The summed E-state index contributed by atoms with van der Waals surface area (Å²) in [7, 11) is -3.48. The van der Waals surface area contributed by atoms with Gasteiger partial charge in [-0.05, 0) is 24.7 Å². The molecule has 0 saturated carbocycles. The molecule has 2 aromatic carbocycles. The predicted octanol–water partition coefficient (Wildman–Crippen LogP) is 2.84. The number of nitrogens with one attached hydrogen (secondary N) is 4. The van der Waals surface area contributed by atoms with Crippen LogP contribution >= 0.6 is 11.6 Å². The van der Waals surface area contributed by atoms with Gasteiger partial charge in [0.25, 0.3) is 10.0 Å². The molecule has 0 saturated heterocycles. The zero-order valence-electron chi connectivity index (χ0n) is 16.9. The number of ether oxygens (including phenoxy) is 1. The summed E-state index contributed by atoms with van der Waals surface area (Å²) < 4.78 is 60.1. The molecule has 2 amide bonds. The number of carbonyl (C=O) groups excluding carboxylic acids is 1. The summed E-state index contributed by atoms with van der Waals surface area (Å²) in [6.45, 7) is 3.88. The predicted molar refractivity (Wildman–Crippen MR) is 114 cm³/mol. The lowest BCUT2D eigenvalue weighted by atomic mass is 10.2. The molecule has 0 aliphatic carbocycles. The van der Waals surface area contributed by atoms with Crippen molar-refractivity contribution in [1.29, 1.82) is 0 Å². The van der Waals surface area contributed by atoms with E-state index in [0.29, 0.717) is 35.4 Å². The summed E-state index contributed by atoms with van der Waals surface area (Å²) in [5.41, 5.74) is 1.23. The first-order valence-electron chi connectivity index (χ1n) is 9.27. The minimum absolute atomic E-state index is 0.191. The molecule has 0 atom stereocenters. The first-order valence-corrected chi connectivity index (χ1v) is 11.1. The van der Waals surface area contributed by atoms with E-state index < -0.39 is 38.3 Å². The van der Waals surface area contributed by atoms with Crippen molar-refractivity contribution in [3.8, 4) is 5.75 Å². The summed E-state index contributed by atoms with van der Waals surface area (Å²) in [6.07, 6.45) is 0. The quantitative estimate of drug-likeness (QED) is 0.393. The van der Waals surface area contributed by atoms with Crippen molar-refractivity contribution in [2.24, 2.45) is 0 Å². The van der Waals surface area contributed by atoms with Crippen LogP contribution < -0.4 is 25.4 Å². The monoisotopic (exact) mass is 476 g/mol. The van der Waals surface area contributed by atoms with Crippen molar-refractivity contribution in [1.82, 2.24) is 15.4 Å². The van der Waals surface area contributed by atoms with Crippen LogP contribution in [0.2, 0.25) is 5.02 Å².